The summed E-state index contributed by atoms with van der Waals surface area (Å²) >= 11 is 0. The smallest absolute Gasteiger partial charge is 0.0855 e. The summed E-state index contributed by atoms with van der Waals surface area (Å²) in [4.78, 5) is 6.92. The molecule has 0 saturated carbocycles. The van der Waals surface area contributed by atoms with Crippen LogP contribution in [0.4, 0.5) is 0 Å². The number of likely N-dealkylation sites (N-methyl/N-ethyl adjacent to an activating group) is 1. The molecule has 4 rings (SSSR count). The summed E-state index contributed by atoms with van der Waals surface area (Å²) in [7, 11) is 1.11. The van der Waals surface area contributed by atoms with E-state index in [1.54, 1.807) is 0 Å². The Morgan fingerprint density at radius 1 is 0.913 bits per heavy atom. The number of fused-ring (bicyclic) bond motifs is 2. The molecule has 2 aromatic rings. The lowest BCUT2D eigenvalue weighted by molar-refractivity contribution is 0.110. The van der Waals surface area contributed by atoms with Crippen LogP contribution in [-0.2, 0) is 17.2 Å². The summed E-state index contributed by atoms with van der Waals surface area (Å²) in [6, 6.07) is 16.8. The second kappa shape index (κ2) is 6.19. The number of piperazine rings is 1. The molecule has 1 fully saturated rings. The molecule has 2 aliphatic rings. The second-order valence-electron chi connectivity index (χ2n) is 6.47. The van der Waals surface area contributed by atoms with Gasteiger partial charge in [-0.2, -0.15) is 0 Å². The van der Waals surface area contributed by atoms with Crippen molar-refractivity contribution in [2.75, 3.05) is 33.2 Å². The van der Waals surface area contributed by atoms with Gasteiger partial charge >= 0.3 is 0 Å². The summed E-state index contributed by atoms with van der Waals surface area (Å²) < 4.78 is 13.1. The van der Waals surface area contributed by atoms with Crippen molar-refractivity contribution in [3.8, 4) is 0 Å². The van der Waals surface area contributed by atoms with Crippen LogP contribution in [0.25, 0.3) is 0 Å². The molecule has 2 atom stereocenters. The first-order valence-corrected chi connectivity index (χ1v) is 9.40. The van der Waals surface area contributed by atoms with Gasteiger partial charge in [0.05, 0.1) is 10.8 Å². The van der Waals surface area contributed by atoms with Crippen molar-refractivity contribution < 1.29 is 4.21 Å². The Morgan fingerprint density at radius 2 is 1.57 bits per heavy atom. The molecule has 23 heavy (non-hydrogen) atoms. The molecule has 0 N–H and O–H groups in total. The fourth-order valence-corrected chi connectivity index (χ4v) is 5.12. The summed E-state index contributed by atoms with van der Waals surface area (Å²) in [5.74, 6) is 0. The first kappa shape index (κ1) is 15.1. The maximum absolute atomic E-state index is 13.1. The van der Waals surface area contributed by atoms with Crippen molar-refractivity contribution in [2.45, 2.75) is 22.3 Å². The standard InChI is InChI=1S/C19H22N2OS/c1-20-10-12-21(13-11-20)17-14-15-6-2-4-8-18(15)23(22)19-9-5-3-7-16(17)19/h2-9,17H,10-14H2,1H3. The monoisotopic (exact) mass is 326 g/mol. The average molecular weight is 326 g/mol. The Labute approximate surface area is 140 Å². The fourth-order valence-electron chi connectivity index (χ4n) is 3.67. The summed E-state index contributed by atoms with van der Waals surface area (Å²) in [6.07, 6.45) is 0.947. The summed E-state index contributed by atoms with van der Waals surface area (Å²) in [5, 5.41) is 0. The minimum absolute atomic E-state index is 0.326. The highest BCUT2D eigenvalue weighted by Gasteiger charge is 2.31. The van der Waals surface area contributed by atoms with Crippen molar-refractivity contribution >= 4 is 10.8 Å². The van der Waals surface area contributed by atoms with E-state index in [0.717, 1.165) is 42.4 Å². The molecule has 0 amide bonds. The van der Waals surface area contributed by atoms with Gasteiger partial charge in [-0.3, -0.25) is 4.90 Å². The molecule has 2 heterocycles. The predicted molar refractivity (Wildman–Crippen MR) is 93.1 cm³/mol. The van der Waals surface area contributed by atoms with Crippen LogP contribution in [0, 0.1) is 0 Å². The molecule has 3 nitrogen and oxygen atoms in total. The van der Waals surface area contributed by atoms with Crippen molar-refractivity contribution in [1.29, 1.82) is 0 Å². The van der Waals surface area contributed by atoms with Gasteiger partial charge in [0.15, 0.2) is 0 Å². The maximum Gasteiger partial charge on any atom is 0.0855 e. The van der Waals surface area contributed by atoms with Gasteiger partial charge in [0.2, 0.25) is 0 Å². The van der Waals surface area contributed by atoms with Crippen molar-refractivity contribution in [1.82, 2.24) is 9.80 Å². The molecule has 0 bridgehead atoms. The molecule has 2 aliphatic heterocycles. The molecule has 0 aliphatic carbocycles. The first-order chi connectivity index (χ1) is 11.2. The van der Waals surface area contributed by atoms with Gasteiger partial charge in [0, 0.05) is 42.0 Å². The van der Waals surface area contributed by atoms with Gasteiger partial charge in [-0.25, -0.2) is 4.21 Å². The molecule has 1 saturated heterocycles. The predicted octanol–water partition coefficient (Wildman–Crippen LogP) is 2.70. The van der Waals surface area contributed by atoms with E-state index < -0.39 is 10.8 Å². The number of rotatable bonds is 1. The van der Waals surface area contributed by atoms with E-state index in [2.05, 4.69) is 41.1 Å². The number of nitrogens with zero attached hydrogens (tertiary/aromatic N) is 2. The Kier molecular flexibility index (Phi) is 4.05. The highest BCUT2D eigenvalue weighted by Crippen LogP contribution is 2.37. The zero-order chi connectivity index (χ0) is 15.8. The number of hydrogen-bond donors (Lipinski definition) is 0. The molecular formula is C19H22N2OS. The first-order valence-electron chi connectivity index (χ1n) is 8.25. The topological polar surface area (TPSA) is 23.6 Å². The van der Waals surface area contributed by atoms with Gasteiger partial charge < -0.3 is 4.90 Å². The van der Waals surface area contributed by atoms with E-state index >= 15 is 0 Å². The summed E-state index contributed by atoms with van der Waals surface area (Å²) in [6.45, 7) is 4.35. The zero-order valence-electron chi connectivity index (χ0n) is 13.4. The lowest BCUT2D eigenvalue weighted by atomic mass is 9.97. The second-order valence-corrected chi connectivity index (χ2v) is 7.89. The normalized spacial score (nSPS) is 25.4. The van der Waals surface area contributed by atoms with Gasteiger partial charge in [0.1, 0.15) is 0 Å². The molecule has 2 unspecified atom stereocenters. The largest absolute Gasteiger partial charge is 0.304 e. The third-order valence-electron chi connectivity index (χ3n) is 5.04. The van der Waals surface area contributed by atoms with Gasteiger partial charge in [-0.05, 0) is 36.7 Å². The number of hydrogen-bond acceptors (Lipinski definition) is 3. The zero-order valence-corrected chi connectivity index (χ0v) is 14.3. The van der Waals surface area contributed by atoms with Crippen molar-refractivity contribution in [3.63, 3.8) is 0 Å². The summed E-state index contributed by atoms with van der Waals surface area (Å²) in [5.41, 5.74) is 2.47. The highest BCUT2D eigenvalue weighted by atomic mass is 32.2. The molecule has 0 aromatic heterocycles. The highest BCUT2D eigenvalue weighted by molar-refractivity contribution is 7.85. The Bertz CT molecular complexity index is 738. The van der Waals surface area contributed by atoms with E-state index in [1.807, 2.05) is 24.3 Å². The van der Waals surface area contributed by atoms with E-state index in [-0.39, 0.29) is 0 Å². The number of benzene rings is 2. The van der Waals surface area contributed by atoms with Gasteiger partial charge in [-0.15, -0.1) is 0 Å². The van der Waals surface area contributed by atoms with Crippen LogP contribution in [0.15, 0.2) is 58.3 Å². The van der Waals surface area contributed by atoms with Crippen LogP contribution in [0.5, 0.6) is 0 Å². The molecule has 2 aromatic carbocycles. The van der Waals surface area contributed by atoms with E-state index in [0.29, 0.717) is 6.04 Å². The Morgan fingerprint density at radius 3 is 2.35 bits per heavy atom. The lowest BCUT2D eigenvalue weighted by Gasteiger charge is -2.38. The molecular weight excluding hydrogens is 304 g/mol. The Hall–Kier alpha value is -1.49. The minimum Gasteiger partial charge on any atom is -0.304 e. The van der Waals surface area contributed by atoms with Crippen LogP contribution in [0.1, 0.15) is 17.2 Å². The SMILES string of the molecule is CN1CCN(C2Cc3ccccc3S(=O)c3ccccc32)CC1. The van der Waals surface area contributed by atoms with Crippen LogP contribution in [-0.4, -0.2) is 47.2 Å². The van der Waals surface area contributed by atoms with Crippen molar-refractivity contribution in [2.24, 2.45) is 0 Å². The van der Waals surface area contributed by atoms with Crippen LogP contribution >= 0.6 is 0 Å². The fraction of sp³-hybridized carbons (Fsp3) is 0.368. The van der Waals surface area contributed by atoms with Crippen LogP contribution in [0.2, 0.25) is 0 Å². The third-order valence-corrected chi connectivity index (χ3v) is 6.61. The maximum atomic E-state index is 13.1. The van der Waals surface area contributed by atoms with E-state index in [9.17, 15) is 4.21 Å². The van der Waals surface area contributed by atoms with Gasteiger partial charge in [-0.1, -0.05) is 36.4 Å². The lowest BCUT2D eigenvalue weighted by Crippen LogP contribution is -2.46. The van der Waals surface area contributed by atoms with Crippen LogP contribution < -0.4 is 0 Å². The molecule has 120 valence electrons. The Balaban J connectivity index is 1.80. The molecule has 4 heteroatoms. The van der Waals surface area contributed by atoms with E-state index in [4.69, 9.17) is 0 Å². The average Bonchev–Trinajstić information content (AvgIpc) is 2.72. The van der Waals surface area contributed by atoms with Crippen molar-refractivity contribution in [3.05, 3.63) is 59.7 Å². The quantitative estimate of drug-likeness (QED) is 0.805. The third kappa shape index (κ3) is 2.75. The minimum atomic E-state index is -1.08. The van der Waals surface area contributed by atoms with Crippen LogP contribution in [0.3, 0.4) is 0 Å². The van der Waals surface area contributed by atoms with E-state index in [1.165, 1.54) is 11.1 Å². The molecule has 0 radical (unpaired) electrons. The van der Waals surface area contributed by atoms with Gasteiger partial charge in [0.25, 0.3) is 0 Å². The molecule has 0 spiro atoms.